The van der Waals surface area contributed by atoms with E-state index in [1.54, 1.807) is 6.08 Å². The van der Waals surface area contributed by atoms with Crippen LogP contribution < -0.4 is 5.32 Å². The maximum atomic E-state index is 11.7. The monoisotopic (exact) mass is 276 g/mol. The number of carbonyl (C=O) groups is 2. The predicted octanol–water partition coefficient (Wildman–Crippen LogP) is 1.32. The first kappa shape index (κ1) is 13.2. The lowest BCUT2D eigenvalue weighted by Crippen LogP contribution is -2.37. The van der Waals surface area contributed by atoms with Gasteiger partial charge in [0.25, 0.3) is 0 Å². The standard InChI is InChI=1S/C15H20N2O3/c1-17-12-6-5-11(18)9-13(12)20-14(17)7-8-16-15(19)10-3-2-4-10/h5-6,10,14H,2-4,7-9H2,1H3,(H,16,19). The first-order chi connectivity index (χ1) is 9.65. The summed E-state index contributed by atoms with van der Waals surface area (Å²) in [5.74, 6) is 1.24. The Balaban J connectivity index is 1.47. The van der Waals surface area contributed by atoms with Crippen molar-refractivity contribution in [3.8, 4) is 0 Å². The van der Waals surface area contributed by atoms with Crippen molar-refractivity contribution in [2.45, 2.75) is 38.3 Å². The van der Waals surface area contributed by atoms with E-state index >= 15 is 0 Å². The molecule has 0 aromatic heterocycles. The van der Waals surface area contributed by atoms with Gasteiger partial charge in [0.05, 0.1) is 12.1 Å². The Morgan fingerprint density at radius 2 is 2.25 bits per heavy atom. The van der Waals surface area contributed by atoms with Crippen molar-refractivity contribution in [3.63, 3.8) is 0 Å². The van der Waals surface area contributed by atoms with Crippen LogP contribution in [0.1, 0.15) is 32.1 Å². The molecule has 20 heavy (non-hydrogen) atoms. The van der Waals surface area contributed by atoms with Gasteiger partial charge in [-0.2, -0.15) is 0 Å². The summed E-state index contributed by atoms with van der Waals surface area (Å²) in [6.45, 7) is 0.614. The highest BCUT2D eigenvalue weighted by Crippen LogP contribution is 2.31. The van der Waals surface area contributed by atoms with Crippen LogP contribution in [0.3, 0.4) is 0 Å². The molecular weight excluding hydrogens is 256 g/mol. The number of carbonyl (C=O) groups excluding carboxylic acids is 2. The van der Waals surface area contributed by atoms with Crippen molar-refractivity contribution in [2.24, 2.45) is 5.92 Å². The molecule has 1 unspecified atom stereocenters. The lowest BCUT2D eigenvalue weighted by atomic mass is 9.85. The van der Waals surface area contributed by atoms with Gasteiger partial charge >= 0.3 is 0 Å². The number of nitrogens with one attached hydrogen (secondary N) is 1. The van der Waals surface area contributed by atoms with Crippen LogP contribution in [0.2, 0.25) is 0 Å². The van der Waals surface area contributed by atoms with Gasteiger partial charge in [-0.05, 0) is 25.0 Å². The molecule has 0 bridgehead atoms. The molecule has 1 atom stereocenters. The molecule has 1 aliphatic heterocycles. The summed E-state index contributed by atoms with van der Waals surface area (Å²) in [7, 11) is 1.96. The van der Waals surface area contributed by atoms with Gasteiger partial charge in [0.15, 0.2) is 12.0 Å². The van der Waals surface area contributed by atoms with Crippen LogP contribution in [0, 0.1) is 5.92 Å². The maximum Gasteiger partial charge on any atom is 0.223 e. The number of nitrogens with zero attached hydrogens (tertiary/aromatic N) is 1. The second kappa shape index (κ2) is 5.31. The van der Waals surface area contributed by atoms with E-state index in [9.17, 15) is 9.59 Å². The van der Waals surface area contributed by atoms with Gasteiger partial charge in [-0.3, -0.25) is 9.59 Å². The Labute approximate surface area is 118 Å². The largest absolute Gasteiger partial charge is 0.472 e. The lowest BCUT2D eigenvalue weighted by molar-refractivity contribution is -0.127. The fourth-order valence-corrected chi connectivity index (χ4v) is 2.77. The summed E-state index contributed by atoms with van der Waals surface area (Å²) >= 11 is 0. The van der Waals surface area contributed by atoms with Crippen LogP contribution in [0.25, 0.3) is 0 Å². The van der Waals surface area contributed by atoms with Crippen LogP contribution >= 0.6 is 0 Å². The van der Waals surface area contributed by atoms with E-state index in [4.69, 9.17) is 4.74 Å². The van der Waals surface area contributed by atoms with E-state index in [1.807, 2.05) is 18.0 Å². The smallest absolute Gasteiger partial charge is 0.223 e. The van der Waals surface area contributed by atoms with E-state index in [2.05, 4.69) is 5.32 Å². The van der Waals surface area contributed by atoms with Crippen molar-refractivity contribution in [1.29, 1.82) is 0 Å². The van der Waals surface area contributed by atoms with Crippen molar-refractivity contribution < 1.29 is 14.3 Å². The molecule has 108 valence electrons. The fourth-order valence-electron chi connectivity index (χ4n) is 2.77. The molecule has 0 aromatic rings. The topological polar surface area (TPSA) is 58.6 Å². The molecule has 1 heterocycles. The molecule has 5 nitrogen and oxygen atoms in total. The van der Waals surface area contributed by atoms with Gasteiger partial charge < -0.3 is 15.0 Å². The summed E-state index contributed by atoms with van der Waals surface area (Å²) in [6.07, 6.45) is 7.61. The molecule has 5 heteroatoms. The van der Waals surface area contributed by atoms with Crippen molar-refractivity contribution in [1.82, 2.24) is 10.2 Å². The van der Waals surface area contributed by atoms with Gasteiger partial charge in [0.1, 0.15) is 5.76 Å². The van der Waals surface area contributed by atoms with Crippen LogP contribution in [0.15, 0.2) is 23.6 Å². The second-order valence-corrected chi connectivity index (χ2v) is 5.68. The lowest BCUT2D eigenvalue weighted by Gasteiger charge is -2.25. The van der Waals surface area contributed by atoms with Gasteiger partial charge in [-0.25, -0.2) is 0 Å². The number of rotatable bonds is 4. The molecule has 0 aromatic carbocycles. The summed E-state index contributed by atoms with van der Waals surface area (Å²) < 4.78 is 5.81. The summed E-state index contributed by atoms with van der Waals surface area (Å²) in [5, 5.41) is 2.97. The quantitative estimate of drug-likeness (QED) is 0.841. The zero-order chi connectivity index (χ0) is 14.1. The van der Waals surface area contributed by atoms with Crippen molar-refractivity contribution in [3.05, 3.63) is 23.6 Å². The third-order valence-corrected chi connectivity index (χ3v) is 4.30. The van der Waals surface area contributed by atoms with Gasteiger partial charge in [0.2, 0.25) is 5.91 Å². The van der Waals surface area contributed by atoms with E-state index in [0.29, 0.717) is 13.0 Å². The van der Waals surface area contributed by atoms with Crippen LogP contribution in [0.5, 0.6) is 0 Å². The van der Waals surface area contributed by atoms with Crippen molar-refractivity contribution in [2.75, 3.05) is 13.6 Å². The fraction of sp³-hybridized carbons (Fsp3) is 0.600. The van der Waals surface area contributed by atoms with Gasteiger partial charge in [0, 0.05) is 25.9 Å². The number of hydrogen-bond acceptors (Lipinski definition) is 4. The van der Waals surface area contributed by atoms with Crippen molar-refractivity contribution >= 4 is 11.7 Å². The number of ketones is 1. The Kier molecular flexibility index (Phi) is 3.51. The Bertz CT molecular complexity index is 491. The first-order valence-electron chi connectivity index (χ1n) is 7.26. The minimum Gasteiger partial charge on any atom is -0.472 e. The second-order valence-electron chi connectivity index (χ2n) is 5.68. The van der Waals surface area contributed by atoms with E-state index < -0.39 is 0 Å². The molecule has 3 rings (SSSR count). The minimum atomic E-state index is -0.0859. The molecule has 0 saturated heterocycles. The van der Waals surface area contributed by atoms with Gasteiger partial charge in [-0.1, -0.05) is 6.42 Å². The highest BCUT2D eigenvalue weighted by atomic mass is 16.5. The summed E-state index contributed by atoms with van der Waals surface area (Å²) in [5.41, 5.74) is 0.986. The molecule has 0 spiro atoms. The highest BCUT2D eigenvalue weighted by molar-refractivity contribution is 5.93. The summed E-state index contributed by atoms with van der Waals surface area (Å²) in [4.78, 5) is 25.1. The number of likely N-dealkylation sites (N-methyl/N-ethyl adjacent to an activating group) is 1. The van der Waals surface area contributed by atoms with E-state index in [1.165, 1.54) is 6.42 Å². The molecule has 3 aliphatic rings. The van der Waals surface area contributed by atoms with E-state index in [-0.39, 0.29) is 23.8 Å². The third kappa shape index (κ3) is 2.44. The van der Waals surface area contributed by atoms with Crippen LogP contribution in [-0.4, -0.2) is 36.4 Å². The first-order valence-corrected chi connectivity index (χ1v) is 7.26. The molecule has 1 saturated carbocycles. The highest BCUT2D eigenvalue weighted by Gasteiger charge is 2.32. The molecule has 1 N–H and O–H groups in total. The zero-order valence-electron chi connectivity index (χ0n) is 11.7. The van der Waals surface area contributed by atoms with Crippen LogP contribution in [0.4, 0.5) is 0 Å². The number of allylic oxidation sites excluding steroid dienone is 3. The summed E-state index contributed by atoms with van der Waals surface area (Å²) in [6, 6.07) is 0. The third-order valence-electron chi connectivity index (χ3n) is 4.30. The number of ether oxygens (including phenoxy) is 1. The molecular formula is C15H20N2O3. The zero-order valence-corrected chi connectivity index (χ0v) is 11.7. The molecule has 2 aliphatic carbocycles. The average molecular weight is 276 g/mol. The number of hydrogen-bond donors (Lipinski definition) is 1. The van der Waals surface area contributed by atoms with E-state index in [0.717, 1.165) is 30.7 Å². The maximum absolute atomic E-state index is 11.7. The van der Waals surface area contributed by atoms with Crippen LogP contribution in [-0.2, 0) is 14.3 Å². The van der Waals surface area contributed by atoms with Gasteiger partial charge in [-0.15, -0.1) is 0 Å². The molecule has 1 fully saturated rings. The molecule has 1 amide bonds. The normalized spacial score (nSPS) is 25.4. The Morgan fingerprint density at radius 1 is 1.45 bits per heavy atom. The molecule has 0 radical (unpaired) electrons. The Hall–Kier alpha value is -1.78. The minimum absolute atomic E-state index is 0.0797. The average Bonchev–Trinajstić information content (AvgIpc) is 2.63. The Morgan fingerprint density at radius 3 is 2.95 bits per heavy atom. The SMILES string of the molecule is CN1C2=C(CC(=O)C=C2)OC1CCNC(=O)C1CCC1. The number of amides is 1. The predicted molar refractivity (Wildman–Crippen MR) is 73.4 cm³/mol.